The van der Waals surface area contributed by atoms with Crippen LogP contribution >= 0.6 is 0 Å². The van der Waals surface area contributed by atoms with Crippen molar-refractivity contribution in [2.75, 3.05) is 5.32 Å². The maximum atomic E-state index is 9.73. The summed E-state index contributed by atoms with van der Waals surface area (Å²) in [5.41, 5.74) is 6.52. The lowest BCUT2D eigenvalue weighted by Crippen LogP contribution is -2.21. The third-order valence-corrected chi connectivity index (χ3v) is 5.50. The molecule has 0 unspecified atom stereocenters. The van der Waals surface area contributed by atoms with Gasteiger partial charge in [-0.25, -0.2) is 4.98 Å². The Hall–Kier alpha value is -2.56. The first kappa shape index (κ1) is 16.9. The number of aryl methyl sites for hydroxylation is 2. The summed E-state index contributed by atoms with van der Waals surface area (Å²) in [7, 11) is 0. The number of benzene rings is 1. The van der Waals surface area contributed by atoms with Crippen molar-refractivity contribution in [3.05, 3.63) is 41.2 Å². The van der Waals surface area contributed by atoms with Crippen molar-refractivity contribution >= 4 is 11.5 Å². The number of phenols is 1. The molecule has 1 aromatic carbocycles. The average molecular weight is 350 g/mol. The maximum Gasteiger partial charge on any atom is 0.165 e. The molecule has 5 heteroatoms. The molecule has 4 rings (SSSR count). The molecule has 2 heterocycles. The summed E-state index contributed by atoms with van der Waals surface area (Å²) in [6.07, 6.45) is 7.31. The van der Waals surface area contributed by atoms with Gasteiger partial charge in [-0.05, 0) is 62.3 Å². The highest BCUT2D eigenvalue weighted by Gasteiger charge is 2.24. The predicted octanol–water partition coefficient (Wildman–Crippen LogP) is 4.50. The van der Waals surface area contributed by atoms with Gasteiger partial charge in [0.2, 0.25) is 0 Å². The quantitative estimate of drug-likeness (QED) is 0.711. The molecule has 2 N–H and O–H groups in total. The van der Waals surface area contributed by atoms with Crippen molar-refractivity contribution in [1.82, 2.24) is 14.6 Å². The van der Waals surface area contributed by atoms with Gasteiger partial charge in [0.05, 0.1) is 6.20 Å². The van der Waals surface area contributed by atoms with E-state index in [-0.39, 0.29) is 5.75 Å². The van der Waals surface area contributed by atoms with Crippen molar-refractivity contribution in [1.29, 1.82) is 0 Å². The van der Waals surface area contributed by atoms with Crippen LogP contribution in [-0.4, -0.2) is 25.7 Å². The normalized spacial score (nSPS) is 13.5. The van der Waals surface area contributed by atoms with Gasteiger partial charge < -0.3 is 10.4 Å². The van der Waals surface area contributed by atoms with Crippen molar-refractivity contribution < 1.29 is 5.11 Å². The van der Waals surface area contributed by atoms with Gasteiger partial charge in [-0.2, -0.15) is 9.61 Å². The monoisotopic (exact) mass is 350 g/mol. The predicted molar refractivity (Wildman–Crippen MR) is 105 cm³/mol. The van der Waals surface area contributed by atoms with E-state index in [0.717, 1.165) is 60.3 Å². The largest absolute Gasteiger partial charge is 0.508 e. The van der Waals surface area contributed by atoms with Gasteiger partial charge in [-0.1, -0.05) is 19.9 Å². The number of anilines is 1. The first-order chi connectivity index (χ1) is 12.6. The standard InChI is InChI=1S/C21H26N4O/c1-4-14(5-2)23-20-17-7-6-8-19(17)24-21-18(12-22-25(20)21)16-10-9-15(26)11-13(16)3/h9-12,14,23,26H,4-8H2,1-3H3. The molecule has 5 nitrogen and oxygen atoms in total. The van der Waals surface area contributed by atoms with Crippen LogP contribution in [0, 0.1) is 6.92 Å². The van der Waals surface area contributed by atoms with Crippen LogP contribution in [0.25, 0.3) is 16.8 Å². The molecule has 0 atom stereocenters. The number of hydrogen-bond donors (Lipinski definition) is 2. The van der Waals surface area contributed by atoms with Crippen LogP contribution in [0.3, 0.4) is 0 Å². The Balaban J connectivity index is 1.91. The molecule has 0 aliphatic heterocycles. The first-order valence-corrected chi connectivity index (χ1v) is 9.58. The van der Waals surface area contributed by atoms with Crippen molar-refractivity contribution in [2.45, 2.75) is 58.9 Å². The molecule has 2 aromatic heterocycles. The molecular formula is C21H26N4O. The fourth-order valence-corrected chi connectivity index (χ4v) is 3.95. The summed E-state index contributed by atoms with van der Waals surface area (Å²) in [6, 6.07) is 5.90. The maximum absolute atomic E-state index is 9.73. The Labute approximate surface area is 154 Å². The minimum atomic E-state index is 0.285. The SMILES string of the molecule is CCC(CC)Nc1c2c(nc3c(-c4ccc(O)cc4C)cnn13)CCC2. The topological polar surface area (TPSA) is 62.5 Å². The number of aromatic nitrogens is 3. The van der Waals surface area contributed by atoms with Crippen LogP contribution in [-0.2, 0) is 12.8 Å². The Bertz CT molecular complexity index is 956. The van der Waals surface area contributed by atoms with Gasteiger partial charge in [0, 0.05) is 22.9 Å². The van der Waals surface area contributed by atoms with Gasteiger partial charge in [-0.3, -0.25) is 0 Å². The van der Waals surface area contributed by atoms with E-state index in [0.29, 0.717) is 6.04 Å². The summed E-state index contributed by atoms with van der Waals surface area (Å²) in [5.74, 6) is 1.39. The van der Waals surface area contributed by atoms with E-state index in [1.165, 1.54) is 11.3 Å². The van der Waals surface area contributed by atoms with E-state index in [1.807, 2.05) is 23.7 Å². The van der Waals surface area contributed by atoms with E-state index in [2.05, 4.69) is 24.3 Å². The molecule has 136 valence electrons. The van der Waals surface area contributed by atoms with Crippen LogP contribution in [0.1, 0.15) is 49.9 Å². The molecule has 1 aliphatic carbocycles. The number of hydrogen-bond acceptors (Lipinski definition) is 4. The third-order valence-electron chi connectivity index (χ3n) is 5.50. The summed E-state index contributed by atoms with van der Waals surface area (Å²) >= 11 is 0. The average Bonchev–Trinajstić information content (AvgIpc) is 3.26. The van der Waals surface area contributed by atoms with Gasteiger partial charge in [0.15, 0.2) is 5.65 Å². The van der Waals surface area contributed by atoms with E-state index in [1.54, 1.807) is 12.1 Å². The molecule has 1 aliphatic rings. The second kappa shape index (κ2) is 6.63. The van der Waals surface area contributed by atoms with Crippen LogP contribution < -0.4 is 5.32 Å². The molecular weight excluding hydrogens is 324 g/mol. The Morgan fingerprint density at radius 1 is 1.19 bits per heavy atom. The Kier molecular flexibility index (Phi) is 4.31. The molecule has 0 radical (unpaired) electrons. The lowest BCUT2D eigenvalue weighted by Gasteiger charge is -2.20. The van der Waals surface area contributed by atoms with Crippen LogP contribution in [0.15, 0.2) is 24.4 Å². The number of aromatic hydroxyl groups is 1. The van der Waals surface area contributed by atoms with Crippen molar-refractivity contribution in [2.24, 2.45) is 0 Å². The third kappa shape index (κ3) is 2.71. The van der Waals surface area contributed by atoms with E-state index >= 15 is 0 Å². The fourth-order valence-electron chi connectivity index (χ4n) is 3.95. The molecule has 26 heavy (non-hydrogen) atoms. The minimum Gasteiger partial charge on any atom is -0.508 e. The highest BCUT2D eigenvalue weighted by molar-refractivity contribution is 5.81. The Morgan fingerprint density at radius 2 is 2.00 bits per heavy atom. The van der Waals surface area contributed by atoms with E-state index in [9.17, 15) is 5.11 Å². The van der Waals surface area contributed by atoms with Gasteiger partial charge in [-0.15, -0.1) is 0 Å². The second-order valence-electron chi connectivity index (χ2n) is 7.19. The number of rotatable bonds is 5. The van der Waals surface area contributed by atoms with Crippen molar-refractivity contribution in [3.8, 4) is 16.9 Å². The molecule has 0 spiro atoms. The summed E-state index contributed by atoms with van der Waals surface area (Å²) in [4.78, 5) is 4.97. The van der Waals surface area contributed by atoms with Crippen LogP contribution in [0.2, 0.25) is 0 Å². The summed E-state index contributed by atoms with van der Waals surface area (Å²) < 4.78 is 1.98. The van der Waals surface area contributed by atoms with Gasteiger partial charge >= 0.3 is 0 Å². The van der Waals surface area contributed by atoms with Crippen molar-refractivity contribution in [3.63, 3.8) is 0 Å². The van der Waals surface area contributed by atoms with Crippen LogP contribution in [0.4, 0.5) is 5.82 Å². The molecule has 0 saturated heterocycles. The van der Waals surface area contributed by atoms with E-state index < -0.39 is 0 Å². The Morgan fingerprint density at radius 3 is 2.73 bits per heavy atom. The number of nitrogens with one attached hydrogen (secondary N) is 1. The van der Waals surface area contributed by atoms with Gasteiger partial charge in [0.1, 0.15) is 11.6 Å². The first-order valence-electron chi connectivity index (χ1n) is 9.58. The minimum absolute atomic E-state index is 0.285. The molecule has 3 aromatic rings. The van der Waals surface area contributed by atoms with Crippen LogP contribution in [0.5, 0.6) is 5.75 Å². The lowest BCUT2D eigenvalue weighted by atomic mass is 10.0. The number of fused-ring (bicyclic) bond motifs is 2. The number of nitrogens with zero attached hydrogens (tertiary/aromatic N) is 3. The zero-order valence-electron chi connectivity index (χ0n) is 15.7. The molecule has 0 saturated carbocycles. The van der Waals surface area contributed by atoms with Gasteiger partial charge in [0.25, 0.3) is 0 Å². The zero-order chi connectivity index (χ0) is 18.3. The molecule has 0 amide bonds. The lowest BCUT2D eigenvalue weighted by molar-refractivity contribution is 0.475. The highest BCUT2D eigenvalue weighted by Crippen LogP contribution is 2.34. The molecule has 0 fully saturated rings. The second-order valence-corrected chi connectivity index (χ2v) is 7.19. The number of phenolic OH excluding ortho intramolecular Hbond substituents is 1. The van der Waals surface area contributed by atoms with E-state index in [4.69, 9.17) is 4.98 Å². The zero-order valence-corrected chi connectivity index (χ0v) is 15.7. The summed E-state index contributed by atoms with van der Waals surface area (Å²) in [6.45, 7) is 6.44. The fraction of sp³-hybridized carbons (Fsp3) is 0.429. The highest BCUT2D eigenvalue weighted by atomic mass is 16.3. The summed E-state index contributed by atoms with van der Waals surface area (Å²) in [5, 5.41) is 18.1. The smallest absolute Gasteiger partial charge is 0.165 e. The molecule has 0 bridgehead atoms.